The maximum atomic E-state index is 12.0. The molecule has 1 aromatic carbocycles. The number of benzene rings is 1. The Balaban J connectivity index is 2.39. The van der Waals surface area contributed by atoms with E-state index in [0.29, 0.717) is 0 Å². The van der Waals surface area contributed by atoms with Crippen LogP contribution in [0.1, 0.15) is 24.3 Å². The molecule has 0 spiro atoms. The minimum absolute atomic E-state index is 0.339. The summed E-state index contributed by atoms with van der Waals surface area (Å²) in [4.78, 5) is 24.0. The molecule has 1 fully saturated rings. The molecule has 1 aliphatic carbocycles. The van der Waals surface area contributed by atoms with Crippen molar-refractivity contribution < 1.29 is 19.1 Å². The van der Waals surface area contributed by atoms with Crippen molar-refractivity contribution in [1.29, 1.82) is 0 Å². The Bertz CT molecular complexity index is 497. The van der Waals surface area contributed by atoms with Gasteiger partial charge in [0.25, 0.3) is 0 Å². The van der Waals surface area contributed by atoms with Crippen molar-refractivity contribution in [2.45, 2.75) is 18.8 Å². The predicted octanol–water partition coefficient (Wildman–Crippen LogP) is 2.45. The van der Waals surface area contributed by atoms with Crippen molar-refractivity contribution in [3.05, 3.63) is 47.5 Å². The van der Waals surface area contributed by atoms with Crippen molar-refractivity contribution in [3.8, 4) is 0 Å². The smallest absolute Gasteiger partial charge is 0.321 e. The topological polar surface area (TPSA) is 52.6 Å². The summed E-state index contributed by atoms with van der Waals surface area (Å²) in [5, 5.41) is 0. The van der Waals surface area contributed by atoms with E-state index in [4.69, 9.17) is 9.47 Å². The summed E-state index contributed by atoms with van der Waals surface area (Å²) in [6.07, 6.45) is 4.05. The van der Waals surface area contributed by atoms with Crippen LogP contribution in [0.4, 0.5) is 0 Å². The summed E-state index contributed by atoms with van der Waals surface area (Å²) in [5.41, 5.74) is 2.17. The van der Waals surface area contributed by atoms with Crippen LogP contribution in [0, 0.1) is 5.92 Å². The first-order valence-electron chi connectivity index (χ1n) is 6.57. The third-order valence-electron chi connectivity index (χ3n) is 3.41. The van der Waals surface area contributed by atoms with E-state index < -0.39 is 17.9 Å². The van der Waals surface area contributed by atoms with Gasteiger partial charge in [-0.25, -0.2) is 0 Å². The second kappa shape index (κ2) is 6.37. The molecule has 1 aromatic rings. The molecule has 1 atom stereocenters. The van der Waals surface area contributed by atoms with E-state index >= 15 is 0 Å². The maximum absolute atomic E-state index is 12.0. The number of ether oxygens (including phenoxy) is 2. The number of carbonyl (C=O) groups excluding carboxylic acids is 2. The van der Waals surface area contributed by atoms with Crippen molar-refractivity contribution in [3.63, 3.8) is 0 Å². The first-order valence-corrected chi connectivity index (χ1v) is 6.57. The van der Waals surface area contributed by atoms with Crippen molar-refractivity contribution in [1.82, 2.24) is 0 Å². The van der Waals surface area contributed by atoms with E-state index in [1.807, 2.05) is 36.4 Å². The highest BCUT2D eigenvalue weighted by molar-refractivity contribution is 5.96. The molecule has 2 rings (SSSR count). The van der Waals surface area contributed by atoms with Crippen LogP contribution >= 0.6 is 0 Å². The molecule has 1 unspecified atom stereocenters. The van der Waals surface area contributed by atoms with E-state index in [1.165, 1.54) is 19.8 Å². The van der Waals surface area contributed by atoms with E-state index in [-0.39, 0.29) is 5.92 Å². The fraction of sp³-hybridized carbons (Fsp3) is 0.375. The van der Waals surface area contributed by atoms with Crippen LogP contribution in [-0.2, 0) is 19.1 Å². The lowest BCUT2D eigenvalue weighted by Crippen LogP contribution is -2.31. The molecule has 0 radical (unpaired) electrons. The Morgan fingerprint density at radius 3 is 2.05 bits per heavy atom. The molecular formula is C16H18O4. The first kappa shape index (κ1) is 14.3. The van der Waals surface area contributed by atoms with Gasteiger partial charge < -0.3 is 9.47 Å². The monoisotopic (exact) mass is 274 g/mol. The minimum atomic E-state index is -0.958. The van der Waals surface area contributed by atoms with Gasteiger partial charge in [-0.05, 0) is 18.4 Å². The molecule has 0 N–H and O–H groups in total. The summed E-state index contributed by atoms with van der Waals surface area (Å²) in [7, 11) is 2.56. The average molecular weight is 274 g/mol. The van der Waals surface area contributed by atoms with Crippen molar-refractivity contribution in [2.75, 3.05) is 14.2 Å². The molecule has 0 saturated heterocycles. The Hall–Kier alpha value is -2.10. The summed E-state index contributed by atoms with van der Waals surface area (Å²) >= 11 is 0. The van der Waals surface area contributed by atoms with Crippen molar-refractivity contribution in [2.24, 2.45) is 5.92 Å². The van der Waals surface area contributed by atoms with Gasteiger partial charge in [0.1, 0.15) is 0 Å². The fourth-order valence-corrected chi connectivity index (χ4v) is 2.20. The Labute approximate surface area is 118 Å². The maximum Gasteiger partial charge on any atom is 0.321 e. The SMILES string of the molecule is COC(=O)C(C(=O)OC)C(C=C1CC1)c1ccccc1. The summed E-state index contributed by atoms with van der Waals surface area (Å²) in [6.45, 7) is 0. The number of methoxy groups -OCH3 is 2. The molecule has 0 aromatic heterocycles. The van der Waals surface area contributed by atoms with Crippen LogP contribution in [0.2, 0.25) is 0 Å². The van der Waals surface area contributed by atoms with Gasteiger partial charge in [-0.15, -0.1) is 0 Å². The molecule has 20 heavy (non-hydrogen) atoms. The zero-order valence-electron chi connectivity index (χ0n) is 11.7. The molecule has 4 nitrogen and oxygen atoms in total. The predicted molar refractivity (Wildman–Crippen MR) is 74.0 cm³/mol. The summed E-state index contributed by atoms with van der Waals surface area (Å²) < 4.78 is 9.54. The zero-order chi connectivity index (χ0) is 14.5. The minimum Gasteiger partial charge on any atom is -0.468 e. The fourth-order valence-electron chi connectivity index (χ4n) is 2.20. The van der Waals surface area contributed by atoms with Gasteiger partial charge in [-0.1, -0.05) is 42.0 Å². The van der Waals surface area contributed by atoms with E-state index in [9.17, 15) is 9.59 Å². The van der Waals surface area contributed by atoms with Gasteiger partial charge >= 0.3 is 11.9 Å². The highest BCUT2D eigenvalue weighted by Crippen LogP contribution is 2.36. The normalized spacial score (nSPS) is 14.7. The third-order valence-corrected chi connectivity index (χ3v) is 3.41. The van der Waals surface area contributed by atoms with E-state index in [0.717, 1.165) is 18.4 Å². The molecular weight excluding hydrogens is 256 g/mol. The van der Waals surface area contributed by atoms with Crippen LogP contribution in [0.25, 0.3) is 0 Å². The quantitative estimate of drug-likeness (QED) is 0.470. The van der Waals surface area contributed by atoms with Crippen LogP contribution in [0.5, 0.6) is 0 Å². The second-order valence-electron chi connectivity index (χ2n) is 4.79. The van der Waals surface area contributed by atoms with Crippen LogP contribution in [0.3, 0.4) is 0 Å². The number of carbonyl (C=O) groups is 2. The molecule has 1 saturated carbocycles. The number of rotatable bonds is 5. The molecule has 0 amide bonds. The summed E-state index contributed by atoms with van der Waals surface area (Å²) in [5.74, 6) is -2.43. The first-order chi connectivity index (χ1) is 9.67. The molecule has 106 valence electrons. The van der Waals surface area contributed by atoms with Gasteiger partial charge in [0.2, 0.25) is 0 Å². The Morgan fingerprint density at radius 2 is 1.60 bits per heavy atom. The van der Waals surface area contributed by atoms with Gasteiger partial charge in [-0.2, -0.15) is 0 Å². The van der Waals surface area contributed by atoms with E-state index in [1.54, 1.807) is 0 Å². The lowest BCUT2D eigenvalue weighted by Gasteiger charge is -2.21. The van der Waals surface area contributed by atoms with Crippen LogP contribution < -0.4 is 0 Å². The number of esters is 2. The lowest BCUT2D eigenvalue weighted by molar-refractivity contribution is -0.159. The van der Waals surface area contributed by atoms with Crippen LogP contribution in [0.15, 0.2) is 42.0 Å². The van der Waals surface area contributed by atoms with Gasteiger partial charge in [0.05, 0.1) is 14.2 Å². The second-order valence-corrected chi connectivity index (χ2v) is 4.79. The number of allylic oxidation sites excluding steroid dienone is 2. The molecule has 0 aliphatic heterocycles. The molecule has 0 heterocycles. The number of hydrogen-bond acceptors (Lipinski definition) is 4. The highest BCUT2D eigenvalue weighted by Gasteiger charge is 2.37. The van der Waals surface area contributed by atoms with Gasteiger partial charge in [0.15, 0.2) is 5.92 Å². The Morgan fingerprint density at radius 1 is 1.05 bits per heavy atom. The average Bonchev–Trinajstić information content (AvgIpc) is 3.30. The highest BCUT2D eigenvalue weighted by atomic mass is 16.5. The van der Waals surface area contributed by atoms with Gasteiger partial charge in [0, 0.05) is 5.92 Å². The van der Waals surface area contributed by atoms with Crippen molar-refractivity contribution >= 4 is 11.9 Å². The largest absolute Gasteiger partial charge is 0.468 e. The molecule has 0 bridgehead atoms. The lowest BCUT2D eigenvalue weighted by atomic mass is 9.85. The molecule has 4 heteroatoms. The Kier molecular flexibility index (Phi) is 4.56. The van der Waals surface area contributed by atoms with E-state index in [2.05, 4.69) is 0 Å². The third kappa shape index (κ3) is 3.26. The standard InChI is InChI=1S/C16H18O4/c1-19-15(17)14(16(18)20-2)13(10-11-8-9-11)12-6-4-3-5-7-12/h3-7,10,13-14H,8-9H2,1-2H3. The summed E-state index contributed by atoms with van der Waals surface area (Å²) in [6, 6.07) is 9.49. The number of hydrogen-bond donors (Lipinski definition) is 0. The molecule has 1 aliphatic rings. The van der Waals surface area contributed by atoms with Crippen LogP contribution in [-0.4, -0.2) is 26.2 Å². The zero-order valence-corrected chi connectivity index (χ0v) is 11.7. The van der Waals surface area contributed by atoms with Gasteiger partial charge in [-0.3, -0.25) is 9.59 Å².